The van der Waals surface area contributed by atoms with Gasteiger partial charge in [0.05, 0.1) is 5.41 Å². The average molecular weight is 383 g/mol. The SMILES string of the molecule is O=C(COC(=O)C1(c2ccc(Cl)cc2)CCCC1)c1cc2ccccc2o1. The van der Waals surface area contributed by atoms with Gasteiger partial charge in [0, 0.05) is 10.4 Å². The molecule has 138 valence electrons. The molecule has 1 aliphatic rings. The number of ether oxygens (including phenoxy) is 1. The number of esters is 1. The van der Waals surface area contributed by atoms with Gasteiger partial charge >= 0.3 is 5.97 Å². The fourth-order valence-corrected chi connectivity index (χ4v) is 3.94. The van der Waals surface area contributed by atoms with Gasteiger partial charge in [-0.05, 0) is 42.7 Å². The van der Waals surface area contributed by atoms with Gasteiger partial charge in [0.25, 0.3) is 0 Å². The van der Waals surface area contributed by atoms with Crippen LogP contribution in [0.15, 0.2) is 59.0 Å². The van der Waals surface area contributed by atoms with Crippen LogP contribution in [0.25, 0.3) is 11.0 Å². The molecule has 1 aliphatic carbocycles. The van der Waals surface area contributed by atoms with Crippen LogP contribution in [-0.2, 0) is 14.9 Å². The van der Waals surface area contributed by atoms with Crippen molar-refractivity contribution in [2.75, 3.05) is 6.61 Å². The lowest BCUT2D eigenvalue weighted by molar-refractivity contribution is -0.149. The maximum atomic E-state index is 12.9. The highest BCUT2D eigenvalue weighted by Gasteiger charge is 2.44. The molecule has 1 fully saturated rings. The number of para-hydroxylation sites is 1. The quantitative estimate of drug-likeness (QED) is 0.442. The lowest BCUT2D eigenvalue weighted by Gasteiger charge is -2.27. The summed E-state index contributed by atoms with van der Waals surface area (Å²) >= 11 is 5.98. The molecule has 27 heavy (non-hydrogen) atoms. The zero-order valence-electron chi connectivity index (χ0n) is 14.7. The number of hydrogen-bond donors (Lipinski definition) is 0. The summed E-state index contributed by atoms with van der Waals surface area (Å²) in [6.07, 6.45) is 3.34. The Bertz CT molecular complexity index is 948. The van der Waals surface area contributed by atoms with Crippen molar-refractivity contribution < 1.29 is 18.7 Å². The minimum atomic E-state index is -0.696. The second-order valence-corrected chi connectivity index (χ2v) is 7.38. The van der Waals surface area contributed by atoms with Gasteiger partial charge in [0.1, 0.15) is 5.58 Å². The van der Waals surface area contributed by atoms with E-state index >= 15 is 0 Å². The fraction of sp³-hybridized carbons (Fsp3) is 0.273. The first kappa shape index (κ1) is 17.8. The van der Waals surface area contributed by atoms with Crippen LogP contribution in [0, 0.1) is 0 Å². The van der Waals surface area contributed by atoms with Gasteiger partial charge in [-0.2, -0.15) is 0 Å². The van der Waals surface area contributed by atoms with E-state index in [1.165, 1.54) is 0 Å². The van der Waals surface area contributed by atoms with Crippen molar-refractivity contribution >= 4 is 34.3 Å². The predicted octanol–water partition coefficient (Wildman–Crippen LogP) is 5.32. The third-order valence-corrected chi connectivity index (χ3v) is 5.53. The number of ketones is 1. The Morgan fingerprint density at radius 1 is 1.04 bits per heavy atom. The highest BCUT2D eigenvalue weighted by molar-refractivity contribution is 6.30. The van der Waals surface area contributed by atoms with E-state index in [9.17, 15) is 9.59 Å². The van der Waals surface area contributed by atoms with Crippen molar-refractivity contribution in [3.63, 3.8) is 0 Å². The van der Waals surface area contributed by atoms with E-state index in [4.69, 9.17) is 20.8 Å². The Hall–Kier alpha value is -2.59. The fourth-order valence-electron chi connectivity index (χ4n) is 3.82. The maximum Gasteiger partial charge on any atom is 0.317 e. The first-order valence-corrected chi connectivity index (χ1v) is 9.41. The highest BCUT2D eigenvalue weighted by atomic mass is 35.5. The molecular formula is C22H19ClO4. The van der Waals surface area contributed by atoms with E-state index in [1.807, 2.05) is 30.3 Å². The normalized spacial score (nSPS) is 15.7. The Labute approximate surface area is 162 Å². The van der Waals surface area contributed by atoms with Crippen molar-refractivity contribution in [1.29, 1.82) is 0 Å². The molecule has 4 nitrogen and oxygen atoms in total. The van der Waals surface area contributed by atoms with Crippen LogP contribution >= 0.6 is 11.6 Å². The summed E-state index contributed by atoms with van der Waals surface area (Å²) < 4.78 is 11.0. The lowest BCUT2D eigenvalue weighted by Crippen LogP contribution is -2.35. The van der Waals surface area contributed by atoms with Crippen LogP contribution in [0.2, 0.25) is 5.02 Å². The molecule has 1 aromatic heterocycles. The summed E-state index contributed by atoms with van der Waals surface area (Å²) in [5.41, 5.74) is 0.838. The number of carbonyl (C=O) groups is 2. The second-order valence-electron chi connectivity index (χ2n) is 6.94. The molecule has 0 amide bonds. The van der Waals surface area contributed by atoms with Crippen molar-refractivity contribution in [2.45, 2.75) is 31.1 Å². The largest absolute Gasteiger partial charge is 0.456 e. The Kier molecular flexibility index (Phi) is 4.75. The van der Waals surface area contributed by atoms with E-state index in [0.717, 1.165) is 23.8 Å². The van der Waals surface area contributed by atoms with Gasteiger partial charge in [0.15, 0.2) is 12.4 Å². The van der Waals surface area contributed by atoms with E-state index < -0.39 is 5.41 Å². The molecule has 0 spiro atoms. The third-order valence-electron chi connectivity index (χ3n) is 5.28. The molecule has 0 unspecified atom stereocenters. The summed E-state index contributed by atoms with van der Waals surface area (Å²) in [5, 5.41) is 1.47. The van der Waals surface area contributed by atoms with Gasteiger partial charge in [-0.25, -0.2) is 0 Å². The van der Waals surface area contributed by atoms with E-state index in [2.05, 4.69) is 0 Å². The standard InChI is InChI=1S/C22H19ClO4/c23-17-9-7-16(8-10-17)22(11-3-4-12-22)21(25)26-14-18(24)20-13-15-5-1-2-6-19(15)27-20/h1-2,5-10,13H,3-4,11-12,14H2. The van der Waals surface area contributed by atoms with Crippen LogP contribution in [0.5, 0.6) is 0 Å². The van der Waals surface area contributed by atoms with E-state index in [-0.39, 0.29) is 24.1 Å². The summed E-state index contributed by atoms with van der Waals surface area (Å²) in [7, 11) is 0. The van der Waals surface area contributed by atoms with Crippen molar-refractivity contribution in [3.8, 4) is 0 Å². The topological polar surface area (TPSA) is 56.5 Å². The first-order valence-electron chi connectivity index (χ1n) is 9.04. The lowest BCUT2D eigenvalue weighted by atomic mass is 9.79. The molecule has 1 saturated carbocycles. The molecule has 0 saturated heterocycles. The zero-order chi connectivity index (χ0) is 18.9. The van der Waals surface area contributed by atoms with Gasteiger partial charge in [-0.15, -0.1) is 0 Å². The second kappa shape index (κ2) is 7.20. The predicted molar refractivity (Wildman–Crippen MR) is 103 cm³/mol. The van der Waals surface area contributed by atoms with Crippen LogP contribution < -0.4 is 0 Å². The summed E-state index contributed by atoms with van der Waals surface area (Å²) in [4.78, 5) is 25.4. The highest BCUT2D eigenvalue weighted by Crippen LogP contribution is 2.42. The smallest absolute Gasteiger partial charge is 0.317 e. The van der Waals surface area contributed by atoms with Crippen LogP contribution in [0.1, 0.15) is 41.8 Å². The van der Waals surface area contributed by atoms with Crippen LogP contribution in [0.3, 0.4) is 0 Å². The number of halogens is 1. The van der Waals surface area contributed by atoms with Gasteiger partial charge in [-0.3, -0.25) is 9.59 Å². The number of carbonyl (C=O) groups excluding carboxylic acids is 2. The van der Waals surface area contributed by atoms with Gasteiger partial charge < -0.3 is 9.15 Å². The Morgan fingerprint density at radius 3 is 2.44 bits per heavy atom. The molecule has 0 aliphatic heterocycles. The van der Waals surface area contributed by atoms with E-state index in [0.29, 0.717) is 23.4 Å². The molecule has 0 bridgehead atoms. The van der Waals surface area contributed by atoms with Crippen LogP contribution in [0.4, 0.5) is 0 Å². The Morgan fingerprint density at radius 2 is 1.74 bits per heavy atom. The van der Waals surface area contributed by atoms with Crippen LogP contribution in [-0.4, -0.2) is 18.4 Å². The molecule has 3 aromatic rings. The summed E-state index contributed by atoms with van der Waals surface area (Å²) in [5.74, 6) is -0.494. The molecular weight excluding hydrogens is 364 g/mol. The molecule has 4 rings (SSSR count). The first-order chi connectivity index (χ1) is 13.1. The maximum absolute atomic E-state index is 12.9. The zero-order valence-corrected chi connectivity index (χ0v) is 15.5. The number of Topliss-reactive ketones (excluding diaryl/α,β-unsaturated/α-hetero) is 1. The number of fused-ring (bicyclic) bond motifs is 1. The van der Waals surface area contributed by atoms with Crippen molar-refractivity contribution in [1.82, 2.24) is 0 Å². The summed E-state index contributed by atoms with van der Waals surface area (Å²) in [6, 6.07) is 16.4. The number of benzene rings is 2. The van der Waals surface area contributed by atoms with Crippen molar-refractivity contribution in [3.05, 3.63) is 70.9 Å². The van der Waals surface area contributed by atoms with Gasteiger partial charge in [0.2, 0.25) is 5.78 Å². The molecule has 0 radical (unpaired) electrons. The number of hydrogen-bond acceptors (Lipinski definition) is 4. The summed E-state index contributed by atoms with van der Waals surface area (Å²) in [6.45, 7) is -0.325. The van der Waals surface area contributed by atoms with E-state index in [1.54, 1.807) is 24.3 Å². The molecule has 2 aromatic carbocycles. The average Bonchev–Trinajstić information content (AvgIpc) is 3.34. The minimum Gasteiger partial charge on any atom is -0.456 e. The molecule has 0 atom stereocenters. The monoisotopic (exact) mass is 382 g/mol. The molecule has 1 heterocycles. The third kappa shape index (κ3) is 3.37. The Balaban J connectivity index is 1.50. The molecule has 0 N–H and O–H groups in total. The van der Waals surface area contributed by atoms with Crippen molar-refractivity contribution in [2.24, 2.45) is 0 Å². The van der Waals surface area contributed by atoms with Gasteiger partial charge in [-0.1, -0.05) is 54.8 Å². The number of rotatable bonds is 5. The minimum absolute atomic E-state index is 0.205. The molecule has 5 heteroatoms. The number of furan rings is 1.